The number of carbonyl (C=O) groups excluding carboxylic acids is 1. The molecule has 0 unspecified atom stereocenters. The minimum absolute atomic E-state index is 0.162. The van der Waals surface area contributed by atoms with Gasteiger partial charge in [-0.15, -0.1) is 0 Å². The fourth-order valence-electron chi connectivity index (χ4n) is 3.16. The van der Waals surface area contributed by atoms with E-state index < -0.39 is 11.6 Å². The van der Waals surface area contributed by atoms with E-state index in [-0.39, 0.29) is 12.1 Å². The number of carbonyl (C=O) groups is 1. The number of ether oxygens (including phenoxy) is 2. The first-order valence-electron chi connectivity index (χ1n) is 9.00. The average Bonchev–Trinajstić information content (AvgIpc) is 2.54. The summed E-state index contributed by atoms with van der Waals surface area (Å²) in [5.74, 6) is 0.407. The highest BCUT2D eigenvalue weighted by Gasteiger charge is 2.21. The molecule has 5 nitrogen and oxygen atoms in total. The summed E-state index contributed by atoms with van der Waals surface area (Å²) in [4.78, 5) is 24.7. The standard InChI is InChI=1S/C21H24ClNO4/c1-13-7-14-5-6-15(22)8-16(14)17-9-19(24)23(10-18(17)26-12-13)11-20(25)27-21(2,3)4/h5-6,8-10,13H,7,11-12H2,1-4H3/t13-/m1/s1. The van der Waals surface area contributed by atoms with Crippen molar-refractivity contribution in [3.8, 4) is 16.9 Å². The zero-order chi connectivity index (χ0) is 19.8. The van der Waals surface area contributed by atoms with E-state index in [1.165, 1.54) is 10.6 Å². The van der Waals surface area contributed by atoms with Gasteiger partial charge in [0.2, 0.25) is 0 Å². The van der Waals surface area contributed by atoms with E-state index in [1.807, 2.05) is 18.2 Å². The maximum Gasteiger partial charge on any atom is 0.326 e. The zero-order valence-electron chi connectivity index (χ0n) is 16.0. The summed E-state index contributed by atoms with van der Waals surface area (Å²) in [6, 6.07) is 7.22. The van der Waals surface area contributed by atoms with Gasteiger partial charge < -0.3 is 14.0 Å². The number of aromatic nitrogens is 1. The van der Waals surface area contributed by atoms with Gasteiger partial charge in [-0.1, -0.05) is 24.6 Å². The van der Waals surface area contributed by atoms with Gasteiger partial charge in [-0.05, 0) is 56.4 Å². The summed E-state index contributed by atoms with van der Waals surface area (Å²) in [6.45, 7) is 7.85. The third kappa shape index (κ3) is 4.72. The van der Waals surface area contributed by atoms with Crippen LogP contribution in [0.2, 0.25) is 5.02 Å². The lowest BCUT2D eigenvalue weighted by Crippen LogP contribution is -2.30. The number of rotatable bonds is 2. The van der Waals surface area contributed by atoms with Gasteiger partial charge in [0.1, 0.15) is 17.9 Å². The topological polar surface area (TPSA) is 57.5 Å². The number of nitrogens with zero attached hydrogens (tertiary/aromatic N) is 1. The Morgan fingerprint density at radius 3 is 2.74 bits per heavy atom. The molecule has 0 aliphatic carbocycles. The van der Waals surface area contributed by atoms with Gasteiger partial charge in [0.05, 0.1) is 12.8 Å². The van der Waals surface area contributed by atoms with Gasteiger partial charge in [-0.3, -0.25) is 9.59 Å². The number of hydrogen-bond acceptors (Lipinski definition) is 4. The van der Waals surface area contributed by atoms with Crippen LogP contribution in [0.5, 0.6) is 5.75 Å². The monoisotopic (exact) mass is 389 g/mol. The molecular formula is C21H24ClNO4. The van der Waals surface area contributed by atoms with Gasteiger partial charge in [-0.25, -0.2) is 0 Å². The summed E-state index contributed by atoms with van der Waals surface area (Å²) >= 11 is 6.19. The van der Waals surface area contributed by atoms with E-state index in [9.17, 15) is 9.59 Å². The Bertz CT molecular complexity index is 927. The van der Waals surface area contributed by atoms with Crippen molar-refractivity contribution in [2.24, 2.45) is 5.92 Å². The van der Waals surface area contributed by atoms with E-state index in [1.54, 1.807) is 27.0 Å². The molecule has 2 heterocycles. The number of pyridine rings is 1. The van der Waals surface area contributed by atoms with E-state index in [4.69, 9.17) is 21.1 Å². The number of fused-ring (bicyclic) bond motifs is 3. The predicted octanol–water partition coefficient (Wildman–Crippen LogP) is 4.08. The second-order valence-corrected chi connectivity index (χ2v) is 8.46. The van der Waals surface area contributed by atoms with Crippen molar-refractivity contribution in [1.29, 1.82) is 0 Å². The average molecular weight is 390 g/mol. The predicted molar refractivity (Wildman–Crippen MR) is 105 cm³/mol. The third-order valence-corrected chi connectivity index (χ3v) is 4.50. The third-order valence-electron chi connectivity index (χ3n) is 4.26. The zero-order valence-corrected chi connectivity index (χ0v) is 16.8. The first-order valence-corrected chi connectivity index (χ1v) is 9.38. The second kappa shape index (κ2) is 7.39. The van der Waals surface area contributed by atoms with Crippen LogP contribution in [0.3, 0.4) is 0 Å². The molecule has 0 saturated heterocycles. The minimum Gasteiger partial charge on any atom is -0.491 e. The maximum absolute atomic E-state index is 12.6. The normalized spacial score (nSPS) is 16.4. The van der Waals surface area contributed by atoms with Crippen LogP contribution in [0, 0.1) is 5.92 Å². The number of benzene rings is 1. The highest BCUT2D eigenvalue weighted by molar-refractivity contribution is 6.30. The molecule has 3 rings (SSSR count). The molecule has 0 saturated carbocycles. The van der Waals surface area contributed by atoms with Crippen molar-refractivity contribution in [1.82, 2.24) is 4.57 Å². The Balaban J connectivity index is 2.03. The molecule has 1 aromatic carbocycles. The van der Waals surface area contributed by atoms with Crippen LogP contribution in [0.1, 0.15) is 33.3 Å². The lowest BCUT2D eigenvalue weighted by atomic mass is 9.92. The number of hydrogen-bond donors (Lipinski definition) is 0. The second-order valence-electron chi connectivity index (χ2n) is 8.03. The summed E-state index contributed by atoms with van der Waals surface area (Å²) < 4.78 is 12.6. The van der Waals surface area contributed by atoms with Crippen LogP contribution in [0.25, 0.3) is 11.1 Å². The summed E-state index contributed by atoms with van der Waals surface area (Å²) in [6.07, 6.45) is 2.43. The van der Waals surface area contributed by atoms with Crippen molar-refractivity contribution in [3.63, 3.8) is 0 Å². The fraction of sp³-hybridized carbons (Fsp3) is 0.429. The van der Waals surface area contributed by atoms with E-state index in [2.05, 4.69) is 6.92 Å². The SMILES string of the molecule is C[C@H]1COc2cn(CC(=O)OC(C)(C)C)c(=O)cc2-c2cc(Cl)ccc2C1. The minimum atomic E-state index is -0.605. The number of halogens is 1. The van der Waals surface area contributed by atoms with Gasteiger partial charge in [0.25, 0.3) is 5.56 Å². The molecule has 0 bridgehead atoms. The van der Waals surface area contributed by atoms with Crippen LogP contribution in [0.4, 0.5) is 0 Å². The van der Waals surface area contributed by atoms with Crippen molar-refractivity contribution in [2.45, 2.75) is 46.3 Å². The van der Waals surface area contributed by atoms with E-state index >= 15 is 0 Å². The lowest BCUT2D eigenvalue weighted by Gasteiger charge is -2.23. The van der Waals surface area contributed by atoms with Gasteiger partial charge in [0, 0.05) is 16.7 Å². The molecule has 2 aromatic rings. The van der Waals surface area contributed by atoms with Gasteiger partial charge in [0.15, 0.2) is 0 Å². The van der Waals surface area contributed by atoms with Gasteiger partial charge in [-0.2, -0.15) is 0 Å². The van der Waals surface area contributed by atoms with Crippen molar-refractivity contribution in [3.05, 3.63) is 51.4 Å². The summed E-state index contributed by atoms with van der Waals surface area (Å²) in [5.41, 5.74) is 1.82. The molecule has 1 aromatic heterocycles. The van der Waals surface area contributed by atoms with Crippen LogP contribution in [-0.4, -0.2) is 22.7 Å². The van der Waals surface area contributed by atoms with Crippen LogP contribution in [-0.2, 0) is 22.5 Å². The smallest absolute Gasteiger partial charge is 0.326 e. The Morgan fingerprint density at radius 2 is 2.04 bits per heavy atom. The molecule has 0 amide bonds. The number of esters is 1. The fourth-order valence-corrected chi connectivity index (χ4v) is 3.33. The molecule has 27 heavy (non-hydrogen) atoms. The molecular weight excluding hydrogens is 366 g/mol. The van der Waals surface area contributed by atoms with E-state index in [0.29, 0.717) is 28.9 Å². The molecule has 1 aliphatic heterocycles. The lowest BCUT2D eigenvalue weighted by molar-refractivity contribution is -0.155. The Hall–Kier alpha value is -2.27. The molecule has 1 atom stereocenters. The molecule has 0 N–H and O–H groups in total. The molecule has 6 heteroatoms. The molecule has 0 spiro atoms. The quantitative estimate of drug-likeness (QED) is 0.726. The van der Waals surface area contributed by atoms with Crippen molar-refractivity contribution in [2.75, 3.05) is 6.61 Å². The molecule has 0 fully saturated rings. The summed E-state index contributed by atoms with van der Waals surface area (Å²) in [7, 11) is 0. The van der Waals surface area contributed by atoms with E-state index in [0.717, 1.165) is 17.5 Å². The van der Waals surface area contributed by atoms with Crippen molar-refractivity contribution >= 4 is 17.6 Å². The van der Waals surface area contributed by atoms with Crippen LogP contribution in [0.15, 0.2) is 35.3 Å². The first-order chi connectivity index (χ1) is 12.6. The van der Waals surface area contributed by atoms with Crippen LogP contribution >= 0.6 is 11.6 Å². The maximum atomic E-state index is 12.6. The molecule has 1 aliphatic rings. The highest BCUT2D eigenvalue weighted by atomic mass is 35.5. The largest absolute Gasteiger partial charge is 0.491 e. The summed E-state index contributed by atoms with van der Waals surface area (Å²) in [5, 5.41) is 0.603. The Labute approximate surface area is 163 Å². The Kier molecular flexibility index (Phi) is 5.33. The highest BCUT2D eigenvalue weighted by Crippen LogP contribution is 2.36. The Morgan fingerprint density at radius 1 is 1.30 bits per heavy atom. The van der Waals surface area contributed by atoms with Crippen molar-refractivity contribution < 1.29 is 14.3 Å². The molecule has 144 valence electrons. The molecule has 0 radical (unpaired) electrons. The first kappa shape index (κ1) is 19.5. The van der Waals surface area contributed by atoms with Crippen LogP contribution < -0.4 is 10.3 Å². The van der Waals surface area contributed by atoms with Gasteiger partial charge >= 0.3 is 5.97 Å².